The molecule has 1 saturated carbocycles. The third kappa shape index (κ3) is 4.92. The predicted molar refractivity (Wildman–Crippen MR) is 137 cm³/mol. The zero-order valence-corrected chi connectivity index (χ0v) is 21.1. The van der Waals surface area contributed by atoms with Gasteiger partial charge >= 0.3 is 5.97 Å². The monoisotopic (exact) mass is 493 g/mol. The summed E-state index contributed by atoms with van der Waals surface area (Å²) >= 11 is 0. The first-order chi connectivity index (χ1) is 17.4. The molecule has 8 nitrogen and oxygen atoms in total. The van der Waals surface area contributed by atoms with Gasteiger partial charge in [0.25, 0.3) is 0 Å². The van der Waals surface area contributed by atoms with Crippen LogP contribution in [0.4, 0.5) is 0 Å². The molecule has 0 spiro atoms. The van der Waals surface area contributed by atoms with Crippen molar-refractivity contribution in [1.82, 2.24) is 14.4 Å². The number of benzene rings is 1. The van der Waals surface area contributed by atoms with Crippen LogP contribution in [0.25, 0.3) is 22.2 Å². The molecule has 192 valence electrons. The molecular weight excluding hydrogens is 458 g/mol. The molecular formula is C28H35N3O5. The Morgan fingerprint density at radius 2 is 1.94 bits per heavy atom. The molecule has 2 aromatic heterocycles. The van der Waals surface area contributed by atoms with Gasteiger partial charge in [-0.05, 0) is 56.6 Å². The first-order valence-corrected chi connectivity index (χ1v) is 12.9. The molecule has 8 heteroatoms. The number of carbonyl (C=O) groups is 2. The van der Waals surface area contributed by atoms with Crippen LogP contribution in [0.15, 0.2) is 41.2 Å². The highest BCUT2D eigenvalue weighted by Gasteiger charge is 2.30. The van der Waals surface area contributed by atoms with Crippen molar-refractivity contribution in [2.45, 2.75) is 50.7 Å². The summed E-state index contributed by atoms with van der Waals surface area (Å²) in [6.07, 6.45) is 9.13. The summed E-state index contributed by atoms with van der Waals surface area (Å²) in [6, 6.07) is 7.25. The Morgan fingerprint density at radius 3 is 2.64 bits per heavy atom. The Kier molecular flexibility index (Phi) is 7.16. The second kappa shape index (κ2) is 10.5. The lowest BCUT2D eigenvalue weighted by atomic mass is 9.82. The first kappa shape index (κ1) is 24.6. The maximum Gasteiger partial charge on any atom is 0.335 e. The smallest absolute Gasteiger partial charge is 0.335 e. The molecule has 3 aromatic rings. The molecule has 3 heterocycles. The summed E-state index contributed by atoms with van der Waals surface area (Å²) in [5, 5.41) is 10.7. The van der Waals surface area contributed by atoms with Crippen molar-refractivity contribution in [3.8, 4) is 11.3 Å². The van der Waals surface area contributed by atoms with Gasteiger partial charge in [-0.25, -0.2) is 4.79 Å². The standard InChI is InChI=1S/C28H35N3O5/c1-29(2)15-22-16-30(11-13-36-22)25(32)17-31-24-14-20(28(33)34)8-9-23(24)26(19-6-4-3-5-7-19)27(31)21-10-12-35-18-21/h8-10,12,14,18-19,22H,3-7,11,13,15-17H2,1-2H3,(H,33,34). The number of amides is 1. The van der Waals surface area contributed by atoms with E-state index in [2.05, 4.69) is 4.90 Å². The van der Waals surface area contributed by atoms with Crippen molar-refractivity contribution in [3.63, 3.8) is 0 Å². The van der Waals surface area contributed by atoms with Gasteiger partial charge in [-0.1, -0.05) is 25.3 Å². The Labute approximate surface area is 211 Å². The molecule has 1 aliphatic carbocycles. The largest absolute Gasteiger partial charge is 0.478 e. The van der Waals surface area contributed by atoms with Crippen molar-refractivity contribution in [3.05, 3.63) is 47.9 Å². The quantitative estimate of drug-likeness (QED) is 0.524. The molecule has 2 aliphatic rings. The Hall–Kier alpha value is -3.10. The van der Waals surface area contributed by atoms with Gasteiger partial charge in [0.1, 0.15) is 6.54 Å². The van der Waals surface area contributed by atoms with Crippen molar-refractivity contribution < 1.29 is 23.8 Å². The number of carboxylic acid groups (broad SMARTS) is 1. The van der Waals surface area contributed by atoms with E-state index in [9.17, 15) is 14.7 Å². The summed E-state index contributed by atoms with van der Waals surface area (Å²) in [6.45, 7) is 2.51. The SMILES string of the molecule is CN(C)CC1CN(C(=O)Cn2c(-c3ccoc3)c(C3CCCCC3)c3ccc(C(=O)O)cc32)CCO1. The van der Waals surface area contributed by atoms with Crippen molar-refractivity contribution in [2.24, 2.45) is 0 Å². The molecule has 1 saturated heterocycles. The number of furan rings is 1. The molecule has 1 N–H and O–H groups in total. The van der Waals surface area contributed by atoms with E-state index in [0.717, 1.165) is 41.5 Å². The molecule has 1 amide bonds. The fourth-order valence-electron chi connectivity index (χ4n) is 5.89. The number of ether oxygens (including phenoxy) is 1. The summed E-state index contributed by atoms with van der Waals surface area (Å²) in [4.78, 5) is 29.5. The number of morpholine rings is 1. The molecule has 1 atom stereocenters. The van der Waals surface area contributed by atoms with Gasteiger partial charge < -0.3 is 28.6 Å². The first-order valence-electron chi connectivity index (χ1n) is 12.9. The minimum atomic E-state index is -0.972. The topological polar surface area (TPSA) is 88.2 Å². The van der Waals surface area contributed by atoms with Crippen LogP contribution in [0, 0.1) is 0 Å². The fourth-order valence-corrected chi connectivity index (χ4v) is 5.89. The number of rotatable bonds is 7. The number of aromatic carboxylic acids is 1. The lowest BCUT2D eigenvalue weighted by molar-refractivity contribution is -0.139. The minimum absolute atomic E-state index is 0.0135. The third-order valence-corrected chi connectivity index (χ3v) is 7.51. The van der Waals surface area contributed by atoms with E-state index in [-0.39, 0.29) is 24.1 Å². The van der Waals surface area contributed by atoms with Crippen LogP contribution in [-0.2, 0) is 16.1 Å². The molecule has 0 radical (unpaired) electrons. The average molecular weight is 494 g/mol. The second-order valence-corrected chi connectivity index (χ2v) is 10.3. The Balaban J connectivity index is 1.59. The number of hydrogen-bond donors (Lipinski definition) is 1. The highest BCUT2D eigenvalue weighted by atomic mass is 16.5. The number of hydrogen-bond acceptors (Lipinski definition) is 5. The van der Waals surface area contributed by atoms with Gasteiger partial charge in [0.2, 0.25) is 5.91 Å². The molecule has 0 bridgehead atoms. The van der Waals surface area contributed by atoms with Gasteiger partial charge in [-0.3, -0.25) is 4.79 Å². The number of carboxylic acids is 1. The molecule has 5 rings (SSSR count). The third-order valence-electron chi connectivity index (χ3n) is 7.51. The van der Waals surface area contributed by atoms with E-state index in [4.69, 9.17) is 9.15 Å². The number of likely N-dealkylation sites (N-methyl/N-ethyl adjacent to an activating group) is 1. The summed E-state index contributed by atoms with van der Waals surface area (Å²) in [7, 11) is 4.00. The zero-order valence-electron chi connectivity index (χ0n) is 21.1. The van der Waals surface area contributed by atoms with Gasteiger partial charge in [0.05, 0.1) is 42.0 Å². The zero-order chi connectivity index (χ0) is 25.2. The van der Waals surface area contributed by atoms with E-state index in [0.29, 0.717) is 25.6 Å². The Morgan fingerprint density at radius 1 is 1.14 bits per heavy atom. The lowest BCUT2D eigenvalue weighted by Crippen LogP contribution is -2.49. The minimum Gasteiger partial charge on any atom is -0.478 e. The molecule has 1 aliphatic heterocycles. The highest BCUT2D eigenvalue weighted by molar-refractivity contribution is 5.99. The van der Waals surface area contributed by atoms with E-state index >= 15 is 0 Å². The second-order valence-electron chi connectivity index (χ2n) is 10.3. The van der Waals surface area contributed by atoms with Gasteiger partial charge in [-0.15, -0.1) is 0 Å². The van der Waals surface area contributed by atoms with Crippen LogP contribution in [-0.4, -0.2) is 77.8 Å². The number of nitrogens with zero attached hydrogens (tertiary/aromatic N) is 3. The number of carbonyl (C=O) groups excluding carboxylic acids is 1. The van der Waals surface area contributed by atoms with Gasteiger partial charge in [0.15, 0.2) is 0 Å². The van der Waals surface area contributed by atoms with E-state index in [1.165, 1.54) is 24.8 Å². The average Bonchev–Trinajstić information content (AvgIpc) is 3.50. The summed E-state index contributed by atoms with van der Waals surface area (Å²) in [5.74, 6) is -0.592. The van der Waals surface area contributed by atoms with Gasteiger partial charge in [0, 0.05) is 30.6 Å². The molecule has 1 unspecified atom stereocenters. The van der Waals surface area contributed by atoms with Crippen LogP contribution in [0.1, 0.15) is 53.9 Å². The van der Waals surface area contributed by atoms with E-state index < -0.39 is 5.97 Å². The molecule has 1 aromatic carbocycles. The normalized spacial score (nSPS) is 19.3. The van der Waals surface area contributed by atoms with Crippen LogP contribution in [0.5, 0.6) is 0 Å². The van der Waals surface area contributed by atoms with Crippen molar-refractivity contribution in [1.29, 1.82) is 0 Å². The van der Waals surface area contributed by atoms with Crippen molar-refractivity contribution in [2.75, 3.05) is 40.3 Å². The number of aromatic nitrogens is 1. The molecule has 2 fully saturated rings. The van der Waals surface area contributed by atoms with Crippen LogP contribution >= 0.6 is 0 Å². The van der Waals surface area contributed by atoms with Crippen LogP contribution in [0.3, 0.4) is 0 Å². The van der Waals surface area contributed by atoms with Crippen LogP contribution in [0.2, 0.25) is 0 Å². The predicted octanol–water partition coefficient (Wildman–Crippen LogP) is 4.44. The van der Waals surface area contributed by atoms with Crippen molar-refractivity contribution >= 4 is 22.8 Å². The summed E-state index contributed by atoms with van der Waals surface area (Å²) in [5.41, 5.74) is 4.12. The van der Waals surface area contributed by atoms with E-state index in [1.54, 1.807) is 24.7 Å². The lowest BCUT2D eigenvalue weighted by Gasteiger charge is -2.34. The van der Waals surface area contributed by atoms with Gasteiger partial charge in [-0.2, -0.15) is 0 Å². The fraction of sp³-hybridized carbons (Fsp3) is 0.500. The summed E-state index contributed by atoms with van der Waals surface area (Å²) < 4.78 is 13.4. The maximum absolute atomic E-state index is 13.7. The van der Waals surface area contributed by atoms with Crippen LogP contribution < -0.4 is 0 Å². The van der Waals surface area contributed by atoms with E-state index in [1.807, 2.05) is 35.7 Å². The maximum atomic E-state index is 13.7. The Bertz CT molecular complexity index is 1220. The molecule has 36 heavy (non-hydrogen) atoms. The highest BCUT2D eigenvalue weighted by Crippen LogP contribution is 2.44. The number of fused-ring (bicyclic) bond motifs is 1.